The van der Waals surface area contributed by atoms with Gasteiger partial charge in [0, 0.05) is 25.5 Å². The van der Waals surface area contributed by atoms with Gasteiger partial charge < -0.3 is 0 Å². The lowest BCUT2D eigenvalue weighted by Crippen LogP contribution is -2.47. The Morgan fingerprint density at radius 2 is 2.18 bits per heavy atom. The average molecular weight is 281 g/mol. The van der Waals surface area contributed by atoms with Gasteiger partial charge in [0.25, 0.3) is 10.2 Å². The molecule has 6 heteroatoms. The predicted octanol–water partition coefficient (Wildman–Crippen LogP) is 1.57. The van der Waals surface area contributed by atoms with E-state index in [4.69, 9.17) is 11.6 Å². The van der Waals surface area contributed by atoms with Crippen LogP contribution in [0.5, 0.6) is 0 Å². The van der Waals surface area contributed by atoms with Gasteiger partial charge in [-0.3, -0.25) is 0 Å². The van der Waals surface area contributed by atoms with Crippen LogP contribution in [0.25, 0.3) is 0 Å². The summed E-state index contributed by atoms with van der Waals surface area (Å²) in [6.45, 7) is 3.88. The van der Waals surface area contributed by atoms with Crippen molar-refractivity contribution in [2.45, 2.75) is 32.6 Å². The molecule has 2 fully saturated rings. The molecule has 0 aromatic rings. The molecule has 1 unspecified atom stereocenters. The monoisotopic (exact) mass is 280 g/mol. The van der Waals surface area contributed by atoms with Crippen LogP contribution in [0.2, 0.25) is 0 Å². The first-order valence-corrected chi connectivity index (χ1v) is 8.26. The first kappa shape index (κ1) is 13.6. The lowest BCUT2D eigenvalue weighted by Gasteiger charge is -2.30. The molecule has 0 aromatic carbocycles. The van der Waals surface area contributed by atoms with Gasteiger partial charge in [-0.2, -0.15) is 12.7 Å². The highest BCUT2D eigenvalue weighted by atomic mass is 35.5. The summed E-state index contributed by atoms with van der Waals surface area (Å²) in [5, 5.41) is 0. The molecule has 1 aliphatic carbocycles. The van der Waals surface area contributed by atoms with Crippen molar-refractivity contribution in [3.8, 4) is 0 Å². The summed E-state index contributed by atoms with van der Waals surface area (Å²) >= 11 is 5.85. The van der Waals surface area contributed by atoms with Crippen LogP contribution in [0.4, 0.5) is 0 Å². The Bertz CT molecular complexity index is 368. The van der Waals surface area contributed by atoms with Gasteiger partial charge in [0.15, 0.2) is 0 Å². The Morgan fingerprint density at radius 3 is 2.71 bits per heavy atom. The molecule has 0 spiro atoms. The van der Waals surface area contributed by atoms with Crippen LogP contribution >= 0.6 is 11.6 Å². The third-order valence-corrected chi connectivity index (χ3v) is 5.92. The van der Waals surface area contributed by atoms with Gasteiger partial charge in [-0.05, 0) is 37.0 Å². The van der Waals surface area contributed by atoms with Gasteiger partial charge >= 0.3 is 0 Å². The maximum absolute atomic E-state index is 12.1. The topological polar surface area (TPSA) is 49.4 Å². The number of rotatable bonds is 5. The first-order valence-electron chi connectivity index (χ1n) is 6.28. The van der Waals surface area contributed by atoms with E-state index in [0.717, 1.165) is 25.7 Å². The average Bonchev–Trinajstić information content (AvgIpc) is 3.07. The molecule has 4 nitrogen and oxygen atoms in total. The van der Waals surface area contributed by atoms with Crippen molar-refractivity contribution in [2.75, 3.05) is 25.5 Å². The molecule has 0 aromatic heterocycles. The highest BCUT2D eigenvalue weighted by Crippen LogP contribution is 2.46. The Hall–Kier alpha value is 0.160. The van der Waals surface area contributed by atoms with Crippen LogP contribution in [0.1, 0.15) is 32.6 Å². The predicted molar refractivity (Wildman–Crippen MR) is 69.3 cm³/mol. The molecule has 17 heavy (non-hydrogen) atoms. The molecule has 0 radical (unpaired) electrons. The second kappa shape index (κ2) is 5.03. The maximum Gasteiger partial charge on any atom is 0.279 e. The quantitative estimate of drug-likeness (QED) is 0.777. The fourth-order valence-electron chi connectivity index (χ4n) is 2.23. The summed E-state index contributed by atoms with van der Waals surface area (Å²) in [7, 11) is -3.29. The number of nitrogens with zero attached hydrogens (tertiary/aromatic N) is 1. The van der Waals surface area contributed by atoms with Crippen molar-refractivity contribution >= 4 is 21.8 Å². The molecule has 2 rings (SSSR count). The van der Waals surface area contributed by atoms with Gasteiger partial charge in [0.05, 0.1) is 0 Å². The fourth-order valence-corrected chi connectivity index (χ4v) is 4.09. The van der Waals surface area contributed by atoms with Crippen molar-refractivity contribution < 1.29 is 8.42 Å². The molecule has 1 saturated heterocycles. The minimum Gasteiger partial charge on any atom is -0.202 e. The van der Waals surface area contributed by atoms with E-state index in [2.05, 4.69) is 11.6 Å². The van der Waals surface area contributed by atoms with E-state index in [-0.39, 0.29) is 5.41 Å². The van der Waals surface area contributed by atoms with Crippen LogP contribution in [0, 0.1) is 11.3 Å². The Morgan fingerprint density at radius 1 is 1.47 bits per heavy atom. The standard InChI is InChI=1S/C11H21ClN2O2S/c1-10-3-2-6-14(7-10)17(15,16)13-9-11(8-12)4-5-11/h10,13H,2-9H2,1H3. The summed E-state index contributed by atoms with van der Waals surface area (Å²) < 4.78 is 28.5. The van der Waals surface area contributed by atoms with Gasteiger partial charge in [0.2, 0.25) is 0 Å². The van der Waals surface area contributed by atoms with E-state index in [1.807, 2.05) is 0 Å². The van der Waals surface area contributed by atoms with E-state index < -0.39 is 10.2 Å². The summed E-state index contributed by atoms with van der Waals surface area (Å²) in [4.78, 5) is 0. The third-order valence-electron chi connectivity index (χ3n) is 3.83. The molecular formula is C11H21ClN2O2S. The van der Waals surface area contributed by atoms with Crippen molar-refractivity contribution in [3.05, 3.63) is 0 Å². The molecule has 1 heterocycles. The van der Waals surface area contributed by atoms with Crippen molar-refractivity contribution in [3.63, 3.8) is 0 Å². The summed E-state index contributed by atoms with van der Waals surface area (Å²) in [6, 6.07) is 0. The molecule has 100 valence electrons. The number of hydrogen-bond acceptors (Lipinski definition) is 2. The molecule has 1 aliphatic heterocycles. The second-order valence-corrected chi connectivity index (χ2v) is 7.59. The Balaban J connectivity index is 1.89. The highest BCUT2D eigenvalue weighted by Gasteiger charge is 2.43. The number of hydrogen-bond donors (Lipinski definition) is 1. The minimum atomic E-state index is -3.29. The molecular weight excluding hydrogens is 260 g/mol. The van der Waals surface area contributed by atoms with Gasteiger partial charge in [-0.1, -0.05) is 6.92 Å². The van der Waals surface area contributed by atoms with Crippen molar-refractivity contribution in [1.29, 1.82) is 0 Å². The maximum atomic E-state index is 12.1. The van der Waals surface area contributed by atoms with Crippen LogP contribution in [0.15, 0.2) is 0 Å². The van der Waals surface area contributed by atoms with Crippen LogP contribution in [0.3, 0.4) is 0 Å². The van der Waals surface area contributed by atoms with Crippen LogP contribution < -0.4 is 4.72 Å². The zero-order valence-corrected chi connectivity index (χ0v) is 11.9. The van der Waals surface area contributed by atoms with Gasteiger partial charge in [0.1, 0.15) is 0 Å². The van der Waals surface area contributed by atoms with Gasteiger partial charge in [-0.15, -0.1) is 11.6 Å². The Kier molecular flexibility index (Phi) is 4.02. The second-order valence-electron chi connectivity index (χ2n) is 5.57. The Labute approximate surface area is 109 Å². The fraction of sp³-hybridized carbons (Fsp3) is 1.00. The van der Waals surface area contributed by atoms with Crippen molar-refractivity contribution in [1.82, 2.24) is 9.03 Å². The molecule has 0 amide bonds. The lowest BCUT2D eigenvalue weighted by atomic mass is 10.0. The smallest absolute Gasteiger partial charge is 0.202 e. The van der Waals surface area contributed by atoms with E-state index in [1.54, 1.807) is 4.31 Å². The normalized spacial score (nSPS) is 29.2. The minimum absolute atomic E-state index is 0.0377. The zero-order valence-electron chi connectivity index (χ0n) is 10.3. The van der Waals surface area contributed by atoms with E-state index in [0.29, 0.717) is 31.4 Å². The molecule has 1 atom stereocenters. The number of piperidine rings is 1. The molecule has 1 N–H and O–H groups in total. The van der Waals surface area contributed by atoms with Crippen LogP contribution in [-0.4, -0.2) is 38.2 Å². The number of alkyl halides is 1. The van der Waals surface area contributed by atoms with E-state index in [1.165, 1.54) is 0 Å². The SMILES string of the molecule is CC1CCCN(S(=O)(=O)NCC2(CCl)CC2)C1. The molecule has 1 saturated carbocycles. The highest BCUT2D eigenvalue weighted by molar-refractivity contribution is 7.87. The number of halogens is 1. The summed E-state index contributed by atoms with van der Waals surface area (Å²) in [5.41, 5.74) is 0.0377. The molecule has 2 aliphatic rings. The largest absolute Gasteiger partial charge is 0.279 e. The summed E-state index contributed by atoms with van der Waals surface area (Å²) in [5.74, 6) is 1.01. The van der Waals surface area contributed by atoms with E-state index >= 15 is 0 Å². The zero-order chi connectivity index (χ0) is 12.5. The number of nitrogens with one attached hydrogen (secondary N) is 1. The molecule has 0 bridgehead atoms. The van der Waals surface area contributed by atoms with Crippen LogP contribution in [-0.2, 0) is 10.2 Å². The van der Waals surface area contributed by atoms with Crippen molar-refractivity contribution in [2.24, 2.45) is 11.3 Å². The lowest BCUT2D eigenvalue weighted by molar-refractivity contribution is 0.277. The third kappa shape index (κ3) is 3.34. The van der Waals surface area contributed by atoms with Gasteiger partial charge in [-0.25, -0.2) is 4.72 Å². The first-order chi connectivity index (χ1) is 7.97. The van der Waals surface area contributed by atoms with E-state index in [9.17, 15) is 8.42 Å². The summed E-state index contributed by atoms with van der Waals surface area (Å²) in [6.07, 6.45) is 4.16.